The van der Waals surface area contributed by atoms with Gasteiger partial charge in [0.2, 0.25) is 0 Å². The average Bonchev–Trinajstić information content (AvgIpc) is 2.95. The Bertz CT molecular complexity index is 453. The number of carbonyl (C=O) groups is 1. The molecule has 1 saturated carbocycles. The van der Waals surface area contributed by atoms with Gasteiger partial charge in [0.15, 0.2) is 5.82 Å². The molecular weight excluding hydrogens is 222 g/mol. The van der Waals surface area contributed by atoms with E-state index in [2.05, 4.69) is 10.1 Å². The van der Waals surface area contributed by atoms with Crippen molar-refractivity contribution in [1.29, 1.82) is 0 Å². The van der Waals surface area contributed by atoms with Crippen LogP contribution in [0.15, 0.2) is 0 Å². The van der Waals surface area contributed by atoms with Crippen molar-refractivity contribution < 1.29 is 14.6 Å². The molecule has 0 radical (unpaired) electrons. The van der Waals surface area contributed by atoms with Crippen molar-refractivity contribution in [2.45, 2.75) is 38.3 Å². The van der Waals surface area contributed by atoms with Crippen molar-refractivity contribution >= 4 is 5.97 Å². The molecule has 6 nitrogen and oxygen atoms in total. The zero-order valence-corrected chi connectivity index (χ0v) is 9.67. The van der Waals surface area contributed by atoms with E-state index < -0.39 is 12.1 Å². The standard InChI is InChI=1S/C11H15N3O3/c1-2-17-11(16)9-12-10-8(15)5-7(6-3-4-6)14(10)13-9/h6-8,15H,2-5H2,1H3/t7?,8-/m0/s1. The number of ether oxygens (including phenoxy) is 1. The number of hydrogen-bond donors (Lipinski definition) is 1. The van der Waals surface area contributed by atoms with Crippen molar-refractivity contribution in [1.82, 2.24) is 14.8 Å². The Hall–Kier alpha value is -1.43. The number of aromatic nitrogens is 3. The van der Waals surface area contributed by atoms with Crippen LogP contribution in [0.25, 0.3) is 0 Å². The van der Waals surface area contributed by atoms with Gasteiger partial charge in [-0.2, -0.15) is 0 Å². The molecule has 1 fully saturated rings. The van der Waals surface area contributed by atoms with Gasteiger partial charge in [0, 0.05) is 6.42 Å². The summed E-state index contributed by atoms with van der Waals surface area (Å²) in [7, 11) is 0. The van der Waals surface area contributed by atoms with Crippen LogP contribution in [0.4, 0.5) is 0 Å². The van der Waals surface area contributed by atoms with Crippen molar-refractivity contribution in [3.8, 4) is 0 Å². The molecule has 1 aromatic heterocycles. The number of rotatable bonds is 3. The van der Waals surface area contributed by atoms with E-state index in [1.165, 1.54) is 12.8 Å². The zero-order chi connectivity index (χ0) is 12.0. The Morgan fingerprint density at radius 1 is 1.59 bits per heavy atom. The molecule has 92 valence electrons. The first kappa shape index (κ1) is 10.7. The highest BCUT2D eigenvalue weighted by atomic mass is 16.5. The van der Waals surface area contributed by atoms with E-state index in [-0.39, 0.29) is 11.9 Å². The molecule has 3 rings (SSSR count). The minimum atomic E-state index is -0.601. The van der Waals surface area contributed by atoms with Crippen molar-refractivity contribution in [3.05, 3.63) is 11.6 Å². The smallest absolute Gasteiger partial charge is 0.378 e. The van der Waals surface area contributed by atoms with Crippen molar-refractivity contribution in [3.63, 3.8) is 0 Å². The van der Waals surface area contributed by atoms with E-state index in [4.69, 9.17) is 4.74 Å². The van der Waals surface area contributed by atoms with Crippen LogP contribution in [0.5, 0.6) is 0 Å². The van der Waals surface area contributed by atoms with Gasteiger partial charge in [-0.05, 0) is 25.7 Å². The average molecular weight is 237 g/mol. The molecule has 0 aromatic carbocycles. The van der Waals surface area contributed by atoms with Gasteiger partial charge in [-0.3, -0.25) is 0 Å². The minimum absolute atomic E-state index is 0.0613. The highest BCUT2D eigenvalue weighted by Gasteiger charge is 2.42. The topological polar surface area (TPSA) is 77.2 Å². The summed E-state index contributed by atoms with van der Waals surface area (Å²) in [4.78, 5) is 15.6. The zero-order valence-electron chi connectivity index (χ0n) is 9.67. The van der Waals surface area contributed by atoms with E-state index in [0.29, 0.717) is 24.8 Å². The summed E-state index contributed by atoms with van der Waals surface area (Å²) in [6.45, 7) is 2.04. The molecule has 0 spiro atoms. The molecule has 1 unspecified atom stereocenters. The number of nitrogens with zero attached hydrogens (tertiary/aromatic N) is 3. The van der Waals surface area contributed by atoms with Crippen LogP contribution in [0.3, 0.4) is 0 Å². The SMILES string of the molecule is CCOC(=O)c1nc2n(n1)C(C1CC1)C[C@@H]2O. The fourth-order valence-electron chi connectivity index (χ4n) is 2.40. The molecule has 1 N–H and O–H groups in total. The quantitative estimate of drug-likeness (QED) is 0.788. The highest BCUT2D eigenvalue weighted by Crippen LogP contribution is 2.47. The molecule has 6 heteroatoms. The second-order valence-electron chi connectivity index (χ2n) is 4.61. The first-order valence-electron chi connectivity index (χ1n) is 6.02. The van der Waals surface area contributed by atoms with Gasteiger partial charge in [0.1, 0.15) is 6.10 Å². The predicted octanol–water partition coefficient (Wildman–Crippen LogP) is 0.843. The van der Waals surface area contributed by atoms with Crippen LogP contribution in [0.2, 0.25) is 0 Å². The normalized spacial score (nSPS) is 26.9. The molecule has 2 heterocycles. The Balaban J connectivity index is 1.89. The Kier molecular flexibility index (Phi) is 2.39. The predicted molar refractivity (Wildman–Crippen MR) is 57.3 cm³/mol. The maximum atomic E-state index is 11.5. The molecule has 17 heavy (non-hydrogen) atoms. The molecule has 1 aromatic rings. The number of esters is 1. The third-order valence-electron chi connectivity index (χ3n) is 3.36. The number of hydrogen-bond acceptors (Lipinski definition) is 5. The minimum Gasteiger partial charge on any atom is -0.460 e. The van der Waals surface area contributed by atoms with E-state index in [0.717, 1.165) is 0 Å². The summed E-state index contributed by atoms with van der Waals surface area (Å²) in [6, 6.07) is 0.204. The summed E-state index contributed by atoms with van der Waals surface area (Å²) >= 11 is 0. The monoisotopic (exact) mass is 237 g/mol. The fraction of sp³-hybridized carbons (Fsp3) is 0.727. The van der Waals surface area contributed by atoms with Gasteiger partial charge >= 0.3 is 5.97 Å². The third kappa shape index (κ3) is 1.72. The second kappa shape index (κ2) is 3.80. The molecule has 2 atom stereocenters. The van der Waals surface area contributed by atoms with E-state index in [1.54, 1.807) is 11.6 Å². The van der Waals surface area contributed by atoms with Gasteiger partial charge < -0.3 is 9.84 Å². The van der Waals surface area contributed by atoms with E-state index in [1.807, 2.05) is 0 Å². The summed E-state index contributed by atoms with van der Waals surface area (Å²) in [6.07, 6.45) is 2.41. The fourth-order valence-corrected chi connectivity index (χ4v) is 2.40. The summed E-state index contributed by atoms with van der Waals surface area (Å²) in [5.74, 6) is 0.634. The molecule has 1 aliphatic heterocycles. The summed E-state index contributed by atoms with van der Waals surface area (Å²) in [5.41, 5.74) is 0. The van der Waals surface area contributed by atoms with Crippen molar-refractivity contribution in [2.75, 3.05) is 6.61 Å². The third-order valence-corrected chi connectivity index (χ3v) is 3.36. The largest absolute Gasteiger partial charge is 0.460 e. The number of aliphatic hydroxyl groups is 1. The Labute approximate surface area is 98.6 Å². The lowest BCUT2D eigenvalue weighted by Gasteiger charge is -2.08. The van der Waals surface area contributed by atoms with Crippen LogP contribution in [-0.4, -0.2) is 32.4 Å². The first-order valence-corrected chi connectivity index (χ1v) is 6.02. The maximum absolute atomic E-state index is 11.5. The molecule has 1 aliphatic carbocycles. The number of fused-ring (bicyclic) bond motifs is 1. The molecule has 0 saturated heterocycles. The number of carbonyl (C=O) groups excluding carboxylic acids is 1. The van der Waals surface area contributed by atoms with Crippen molar-refractivity contribution in [2.24, 2.45) is 5.92 Å². The summed E-state index contributed by atoms with van der Waals surface area (Å²) < 4.78 is 6.57. The van der Waals surface area contributed by atoms with Gasteiger partial charge in [-0.1, -0.05) is 0 Å². The Morgan fingerprint density at radius 3 is 3.00 bits per heavy atom. The van der Waals surface area contributed by atoms with Crippen LogP contribution in [-0.2, 0) is 4.74 Å². The number of aliphatic hydroxyl groups excluding tert-OH is 1. The van der Waals surface area contributed by atoms with E-state index >= 15 is 0 Å². The lowest BCUT2D eigenvalue weighted by atomic mass is 10.1. The molecular formula is C11H15N3O3. The molecule has 0 amide bonds. The maximum Gasteiger partial charge on any atom is 0.378 e. The molecule has 0 bridgehead atoms. The lowest BCUT2D eigenvalue weighted by molar-refractivity contribution is 0.0510. The van der Waals surface area contributed by atoms with Gasteiger partial charge in [0.25, 0.3) is 5.82 Å². The van der Waals surface area contributed by atoms with Crippen LogP contribution in [0.1, 0.15) is 54.8 Å². The highest BCUT2D eigenvalue weighted by molar-refractivity contribution is 5.85. The van der Waals surface area contributed by atoms with Gasteiger partial charge in [-0.25, -0.2) is 14.5 Å². The van der Waals surface area contributed by atoms with Crippen LogP contribution in [0, 0.1) is 5.92 Å². The Morgan fingerprint density at radius 2 is 2.35 bits per heavy atom. The summed E-state index contributed by atoms with van der Waals surface area (Å²) in [5, 5.41) is 14.1. The van der Waals surface area contributed by atoms with Crippen LogP contribution >= 0.6 is 0 Å². The molecule has 2 aliphatic rings. The lowest BCUT2D eigenvalue weighted by Crippen LogP contribution is -2.11. The van der Waals surface area contributed by atoms with Gasteiger partial charge in [-0.15, -0.1) is 5.10 Å². The van der Waals surface area contributed by atoms with Gasteiger partial charge in [0.05, 0.1) is 12.6 Å². The first-order chi connectivity index (χ1) is 8.20. The van der Waals surface area contributed by atoms with E-state index in [9.17, 15) is 9.90 Å². The van der Waals surface area contributed by atoms with Crippen LogP contribution < -0.4 is 0 Å². The second-order valence-corrected chi connectivity index (χ2v) is 4.61.